The van der Waals surface area contributed by atoms with Crippen molar-refractivity contribution < 1.29 is 9.59 Å². The molecule has 0 aromatic heterocycles. The number of amides is 2. The molecular formula is C16H24N2O2. The standard InChI is InChI=1S/C8H15NO.C8H9NO/c2*1-6-2-4-7(5-3-6)8(9)10/h6-7H,2-5H2,1H3,(H2,9,10);2-5H,1H3,(H2,9,10). The Morgan fingerprint density at radius 2 is 1.50 bits per heavy atom. The molecule has 110 valence electrons. The summed E-state index contributed by atoms with van der Waals surface area (Å²) in [5.41, 5.74) is 11.9. The number of carbonyl (C=O) groups excluding carboxylic acids is 2. The van der Waals surface area contributed by atoms with Crippen LogP contribution in [0.25, 0.3) is 0 Å². The second-order valence-corrected chi connectivity index (χ2v) is 5.59. The van der Waals surface area contributed by atoms with E-state index in [0.717, 1.165) is 24.3 Å². The van der Waals surface area contributed by atoms with E-state index in [2.05, 4.69) is 6.92 Å². The Balaban J connectivity index is 0.000000200. The van der Waals surface area contributed by atoms with Gasteiger partial charge < -0.3 is 11.5 Å². The SMILES string of the molecule is CC1CCC(C(N)=O)CC1.Cc1ccc(C(N)=O)cc1. The second-order valence-electron chi connectivity index (χ2n) is 5.59. The third kappa shape index (κ3) is 5.43. The van der Waals surface area contributed by atoms with Crippen LogP contribution in [-0.2, 0) is 4.79 Å². The van der Waals surface area contributed by atoms with E-state index in [9.17, 15) is 9.59 Å². The van der Waals surface area contributed by atoms with Crippen molar-refractivity contribution in [2.24, 2.45) is 23.3 Å². The van der Waals surface area contributed by atoms with Gasteiger partial charge in [-0.3, -0.25) is 9.59 Å². The molecule has 4 N–H and O–H groups in total. The molecule has 1 aliphatic rings. The van der Waals surface area contributed by atoms with Crippen molar-refractivity contribution in [2.45, 2.75) is 39.5 Å². The Labute approximate surface area is 120 Å². The number of primary amides is 2. The predicted octanol–water partition coefficient (Wildman–Crippen LogP) is 2.39. The lowest BCUT2D eigenvalue weighted by Gasteiger charge is -2.23. The topological polar surface area (TPSA) is 86.2 Å². The van der Waals surface area contributed by atoms with Crippen molar-refractivity contribution in [3.05, 3.63) is 35.4 Å². The van der Waals surface area contributed by atoms with E-state index < -0.39 is 0 Å². The molecule has 0 unspecified atom stereocenters. The zero-order valence-corrected chi connectivity index (χ0v) is 12.3. The lowest BCUT2D eigenvalue weighted by Crippen LogP contribution is -2.26. The molecule has 0 saturated heterocycles. The Bertz CT molecular complexity index is 446. The third-order valence-electron chi connectivity index (χ3n) is 3.75. The Kier molecular flexibility index (Phi) is 6.22. The summed E-state index contributed by atoms with van der Waals surface area (Å²) in [7, 11) is 0. The summed E-state index contributed by atoms with van der Waals surface area (Å²) in [5.74, 6) is 0.499. The number of benzene rings is 1. The van der Waals surface area contributed by atoms with Crippen molar-refractivity contribution >= 4 is 11.8 Å². The molecule has 4 nitrogen and oxygen atoms in total. The highest BCUT2D eigenvalue weighted by molar-refractivity contribution is 5.92. The Morgan fingerprint density at radius 3 is 1.90 bits per heavy atom. The monoisotopic (exact) mass is 276 g/mol. The van der Waals surface area contributed by atoms with Gasteiger partial charge in [0.15, 0.2) is 0 Å². The molecule has 0 spiro atoms. The van der Waals surface area contributed by atoms with E-state index in [1.54, 1.807) is 12.1 Å². The first-order chi connectivity index (χ1) is 9.40. The molecule has 1 saturated carbocycles. The van der Waals surface area contributed by atoms with Crippen LogP contribution in [0, 0.1) is 18.8 Å². The molecule has 4 heteroatoms. The zero-order chi connectivity index (χ0) is 15.1. The van der Waals surface area contributed by atoms with Crippen molar-refractivity contribution in [2.75, 3.05) is 0 Å². The molecule has 0 aliphatic heterocycles. The summed E-state index contributed by atoms with van der Waals surface area (Å²) in [6.07, 6.45) is 4.37. The first-order valence-electron chi connectivity index (χ1n) is 7.06. The van der Waals surface area contributed by atoms with Gasteiger partial charge in [0.05, 0.1) is 0 Å². The van der Waals surface area contributed by atoms with E-state index in [0.29, 0.717) is 5.56 Å². The van der Waals surface area contributed by atoms with Crippen molar-refractivity contribution in [1.82, 2.24) is 0 Å². The van der Waals surface area contributed by atoms with Gasteiger partial charge in [0, 0.05) is 11.5 Å². The molecule has 1 aliphatic carbocycles. The molecule has 0 atom stereocenters. The van der Waals surface area contributed by atoms with Crippen LogP contribution in [0.5, 0.6) is 0 Å². The fourth-order valence-corrected chi connectivity index (χ4v) is 2.26. The van der Waals surface area contributed by atoms with Crippen LogP contribution in [0.1, 0.15) is 48.5 Å². The summed E-state index contributed by atoms with van der Waals surface area (Å²) < 4.78 is 0. The van der Waals surface area contributed by atoms with Crippen LogP contribution < -0.4 is 11.5 Å². The van der Waals surface area contributed by atoms with Gasteiger partial charge in [-0.15, -0.1) is 0 Å². The van der Waals surface area contributed by atoms with Gasteiger partial charge >= 0.3 is 0 Å². The van der Waals surface area contributed by atoms with Gasteiger partial charge in [0.2, 0.25) is 11.8 Å². The van der Waals surface area contributed by atoms with Crippen LogP contribution in [0.15, 0.2) is 24.3 Å². The third-order valence-corrected chi connectivity index (χ3v) is 3.75. The number of rotatable bonds is 2. The van der Waals surface area contributed by atoms with Crippen molar-refractivity contribution in [3.63, 3.8) is 0 Å². The maximum atomic E-state index is 10.7. The van der Waals surface area contributed by atoms with Gasteiger partial charge in [-0.25, -0.2) is 0 Å². The summed E-state index contributed by atoms with van der Waals surface area (Å²) in [6, 6.07) is 7.16. The van der Waals surface area contributed by atoms with E-state index >= 15 is 0 Å². The second kappa shape index (κ2) is 7.68. The number of hydrogen-bond donors (Lipinski definition) is 2. The van der Waals surface area contributed by atoms with E-state index in [1.165, 1.54) is 12.8 Å². The van der Waals surface area contributed by atoms with Gasteiger partial charge in [-0.05, 0) is 50.7 Å². The normalized spacial score (nSPS) is 21.5. The Morgan fingerprint density at radius 1 is 1.00 bits per heavy atom. The average molecular weight is 276 g/mol. The minimum absolute atomic E-state index is 0.105. The van der Waals surface area contributed by atoms with Crippen molar-refractivity contribution in [1.29, 1.82) is 0 Å². The fourth-order valence-electron chi connectivity index (χ4n) is 2.26. The predicted molar refractivity (Wildman–Crippen MR) is 80.0 cm³/mol. The van der Waals surface area contributed by atoms with Crippen LogP contribution >= 0.6 is 0 Å². The maximum absolute atomic E-state index is 10.7. The quantitative estimate of drug-likeness (QED) is 0.869. The molecule has 2 amide bonds. The number of aryl methyl sites for hydroxylation is 1. The molecule has 1 fully saturated rings. The highest BCUT2D eigenvalue weighted by Crippen LogP contribution is 2.27. The summed E-state index contributed by atoms with van der Waals surface area (Å²) in [6.45, 7) is 4.20. The van der Waals surface area contributed by atoms with Crippen LogP contribution in [0.2, 0.25) is 0 Å². The van der Waals surface area contributed by atoms with Crippen LogP contribution in [0.4, 0.5) is 0 Å². The minimum Gasteiger partial charge on any atom is -0.369 e. The van der Waals surface area contributed by atoms with E-state index in [-0.39, 0.29) is 17.7 Å². The van der Waals surface area contributed by atoms with Crippen LogP contribution in [0.3, 0.4) is 0 Å². The van der Waals surface area contributed by atoms with Gasteiger partial charge in [-0.1, -0.05) is 24.6 Å². The number of nitrogens with two attached hydrogens (primary N) is 2. The van der Waals surface area contributed by atoms with E-state index in [4.69, 9.17) is 11.5 Å². The lowest BCUT2D eigenvalue weighted by molar-refractivity contribution is -0.122. The van der Waals surface area contributed by atoms with Gasteiger partial charge in [0.25, 0.3) is 0 Å². The highest BCUT2D eigenvalue weighted by Gasteiger charge is 2.21. The molecule has 0 heterocycles. The minimum atomic E-state index is -0.375. The van der Waals surface area contributed by atoms with Gasteiger partial charge in [-0.2, -0.15) is 0 Å². The first kappa shape index (κ1) is 16.2. The lowest BCUT2D eigenvalue weighted by atomic mass is 9.83. The molecule has 2 rings (SSSR count). The average Bonchev–Trinajstić information content (AvgIpc) is 2.40. The number of carbonyl (C=O) groups is 2. The molecular weight excluding hydrogens is 252 g/mol. The van der Waals surface area contributed by atoms with Crippen LogP contribution in [-0.4, -0.2) is 11.8 Å². The largest absolute Gasteiger partial charge is 0.369 e. The van der Waals surface area contributed by atoms with Crippen molar-refractivity contribution in [3.8, 4) is 0 Å². The zero-order valence-electron chi connectivity index (χ0n) is 12.3. The molecule has 1 aromatic carbocycles. The maximum Gasteiger partial charge on any atom is 0.248 e. The number of hydrogen-bond acceptors (Lipinski definition) is 2. The summed E-state index contributed by atoms with van der Waals surface area (Å²) in [4.78, 5) is 21.2. The molecule has 20 heavy (non-hydrogen) atoms. The molecule has 0 bridgehead atoms. The smallest absolute Gasteiger partial charge is 0.248 e. The fraction of sp³-hybridized carbons (Fsp3) is 0.500. The van der Waals surface area contributed by atoms with E-state index in [1.807, 2.05) is 19.1 Å². The molecule has 0 radical (unpaired) electrons. The Hall–Kier alpha value is -1.84. The van der Waals surface area contributed by atoms with Gasteiger partial charge in [0.1, 0.15) is 0 Å². The highest BCUT2D eigenvalue weighted by atomic mass is 16.1. The summed E-state index contributed by atoms with van der Waals surface area (Å²) in [5, 5.41) is 0. The molecule has 1 aromatic rings. The summed E-state index contributed by atoms with van der Waals surface area (Å²) >= 11 is 0. The first-order valence-corrected chi connectivity index (χ1v) is 7.06.